The molecule has 0 fully saturated rings. The van der Waals surface area contributed by atoms with Crippen molar-refractivity contribution >= 4 is 17.6 Å². The molecule has 0 atom stereocenters. The number of aryl methyl sites for hydroxylation is 2. The van der Waals surface area contributed by atoms with Crippen LogP contribution in [0.4, 0.5) is 5.82 Å². The molecule has 4 aromatic rings. The number of aromatic nitrogens is 2. The highest BCUT2D eigenvalue weighted by atomic mass is 16.5. The molecular weight excluding hydrogens is 452 g/mol. The first-order chi connectivity index (χ1) is 17.5. The Labute approximate surface area is 210 Å². The van der Waals surface area contributed by atoms with Gasteiger partial charge in [-0.3, -0.25) is 14.5 Å². The highest BCUT2D eigenvalue weighted by Gasteiger charge is 2.26. The third kappa shape index (κ3) is 4.86. The number of carbonyl (C=O) groups excluding carboxylic acids is 2. The van der Waals surface area contributed by atoms with Gasteiger partial charge >= 0.3 is 0 Å². The number of nitrogens with zero attached hydrogens (tertiary/aromatic N) is 3. The van der Waals surface area contributed by atoms with Gasteiger partial charge < -0.3 is 10.1 Å². The van der Waals surface area contributed by atoms with Crippen LogP contribution in [-0.4, -0.2) is 28.7 Å². The summed E-state index contributed by atoms with van der Waals surface area (Å²) in [6.45, 7) is 3.48. The molecule has 0 saturated heterocycles. The van der Waals surface area contributed by atoms with Crippen LogP contribution in [0.25, 0.3) is 11.3 Å². The smallest absolute Gasteiger partial charge is 0.251 e. The van der Waals surface area contributed by atoms with E-state index in [4.69, 9.17) is 9.84 Å². The topological polar surface area (TPSA) is 76.5 Å². The van der Waals surface area contributed by atoms with Crippen LogP contribution in [0.15, 0.2) is 78.9 Å². The molecule has 7 heteroatoms. The molecule has 0 aliphatic carbocycles. The number of hydrogen-bond acceptors (Lipinski definition) is 4. The summed E-state index contributed by atoms with van der Waals surface area (Å²) in [5, 5.41) is 7.70. The quantitative estimate of drug-likeness (QED) is 0.415. The van der Waals surface area contributed by atoms with Crippen LogP contribution >= 0.6 is 0 Å². The number of carbonyl (C=O) groups is 2. The van der Waals surface area contributed by atoms with Gasteiger partial charge in [0.1, 0.15) is 11.6 Å². The van der Waals surface area contributed by atoms with Crippen molar-refractivity contribution in [3.63, 3.8) is 0 Å². The average molecular weight is 481 g/mol. The Morgan fingerprint density at radius 2 is 1.78 bits per heavy atom. The van der Waals surface area contributed by atoms with E-state index < -0.39 is 0 Å². The number of ether oxygens (including phenoxy) is 1. The predicted molar refractivity (Wildman–Crippen MR) is 139 cm³/mol. The predicted octanol–water partition coefficient (Wildman–Crippen LogP) is 4.73. The number of rotatable bonds is 7. The van der Waals surface area contributed by atoms with E-state index >= 15 is 0 Å². The first kappa shape index (κ1) is 23.4. The zero-order valence-corrected chi connectivity index (χ0v) is 20.4. The molecule has 1 aliphatic rings. The molecule has 2 heterocycles. The molecule has 5 rings (SSSR count). The summed E-state index contributed by atoms with van der Waals surface area (Å²) in [7, 11) is 1.64. The van der Waals surface area contributed by atoms with E-state index in [-0.39, 0.29) is 11.8 Å². The average Bonchev–Trinajstić information content (AvgIpc) is 3.35. The lowest BCUT2D eigenvalue weighted by molar-refractivity contribution is -0.119. The van der Waals surface area contributed by atoms with Crippen molar-refractivity contribution in [3.05, 3.63) is 101 Å². The van der Waals surface area contributed by atoms with Crippen molar-refractivity contribution in [2.45, 2.75) is 33.0 Å². The molecule has 1 aliphatic heterocycles. The van der Waals surface area contributed by atoms with E-state index in [0.29, 0.717) is 31.6 Å². The van der Waals surface area contributed by atoms with Gasteiger partial charge in [-0.2, -0.15) is 5.10 Å². The molecule has 0 radical (unpaired) electrons. The first-order valence-electron chi connectivity index (χ1n) is 12.0. The van der Waals surface area contributed by atoms with Crippen molar-refractivity contribution in [3.8, 4) is 17.0 Å². The van der Waals surface area contributed by atoms with Crippen LogP contribution < -0.4 is 15.0 Å². The second kappa shape index (κ2) is 10.1. The lowest BCUT2D eigenvalue weighted by Gasteiger charge is -2.27. The summed E-state index contributed by atoms with van der Waals surface area (Å²) in [4.78, 5) is 27.2. The lowest BCUT2D eigenvalue weighted by Crippen LogP contribution is -2.36. The summed E-state index contributed by atoms with van der Waals surface area (Å²) >= 11 is 0. The maximum Gasteiger partial charge on any atom is 0.251 e. The third-order valence-corrected chi connectivity index (χ3v) is 6.52. The van der Waals surface area contributed by atoms with Crippen molar-refractivity contribution in [1.82, 2.24) is 15.1 Å². The van der Waals surface area contributed by atoms with Crippen LogP contribution in [0.3, 0.4) is 0 Å². The summed E-state index contributed by atoms with van der Waals surface area (Å²) < 4.78 is 7.13. The summed E-state index contributed by atoms with van der Waals surface area (Å²) in [6, 6.07) is 25.1. The molecule has 0 bridgehead atoms. The molecule has 1 N–H and O–H groups in total. The van der Waals surface area contributed by atoms with E-state index in [1.165, 1.54) is 0 Å². The van der Waals surface area contributed by atoms with Gasteiger partial charge in [0.25, 0.3) is 5.91 Å². The Morgan fingerprint density at radius 1 is 1.03 bits per heavy atom. The highest BCUT2D eigenvalue weighted by Crippen LogP contribution is 2.30. The Bertz CT molecular complexity index is 1390. The minimum Gasteiger partial charge on any atom is -0.497 e. The van der Waals surface area contributed by atoms with E-state index in [9.17, 15) is 9.59 Å². The van der Waals surface area contributed by atoms with Crippen molar-refractivity contribution in [2.24, 2.45) is 0 Å². The molecule has 36 heavy (non-hydrogen) atoms. The van der Waals surface area contributed by atoms with Crippen molar-refractivity contribution in [2.75, 3.05) is 12.0 Å². The molecule has 0 spiro atoms. The van der Waals surface area contributed by atoms with Gasteiger partial charge in [-0.05, 0) is 60.0 Å². The number of anilines is 1. The van der Waals surface area contributed by atoms with E-state index in [2.05, 4.69) is 5.32 Å². The third-order valence-electron chi connectivity index (χ3n) is 6.52. The number of benzene rings is 3. The van der Waals surface area contributed by atoms with Crippen LogP contribution in [0.1, 0.15) is 33.5 Å². The van der Waals surface area contributed by atoms with Crippen LogP contribution in [0, 0.1) is 6.92 Å². The van der Waals surface area contributed by atoms with Crippen LogP contribution in [0.2, 0.25) is 0 Å². The number of nitrogens with one attached hydrogen (secondary N) is 1. The number of methoxy groups -OCH3 is 1. The minimum atomic E-state index is -0.124. The zero-order chi connectivity index (χ0) is 25.1. The maximum atomic E-state index is 12.8. The SMILES string of the molecule is COc1ccc(-c2cc3n(n2)CCC(=O)N3Cc2ccc(C(=O)NCc3ccccc3C)cc2)cc1. The van der Waals surface area contributed by atoms with Gasteiger partial charge in [-0.1, -0.05) is 36.4 Å². The summed E-state index contributed by atoms with van der Waals surface area (Å²) in [5.41, 5.74) is 5.55. The molecule has 182 valence electrons. The second-order valence-corrected chi connectivity index (χ2v) is 8.88. The number of amides is 2. The molecule has 0 unspecified atom stereocenters. The first-order valence-corrected chi connectivity index (χ1v) is 12.0. The normalized spacial score (nSPS) is 12.8. The number of hydrogen-bond donors (Lipinski definition) is 1. The molecule has 2 amide bonds. The molecule has 0 saturated carbocycles. The van der Waals surface area contributed by atoms with Gasteiger partial charge in [0, 0.05) is 30.2 Å². The maximum absolute atomic E-state index is 12.8. The molecule has 3 aromatic carbocycles. The van der Waals surface area contributed by atoms with Crippen molar-refractivity contribution < 1.29 is 14.3 Å². The minimum absolute atomic E-state index is 0.0590. The monoisotopic (exact) mass is 480 g/mol. The molecular formula is C29H28N4O3. The lowest BCUT2D eigenvalue weighted by atomic mass is 10.1. The Hall–Kier alpha value is -4.39. The van der Waals surface area contributed by atoms with E-state index in [1.54, 1.807) is 24.1 Å². The number of fused-ring (bicyclic) bond motifs is 1. The van der Waals surface area contributed by atoms with Gasteiger partial charge in [0.15, 0.2) is 0 Å². The molecule has 7 nitrogen and oxygen atoms in total. The Morgan fingerprint density at radius 3 is 2.50 bits per heavy atom. The standard InChI is InChI=1S/C29H28N4O3/c1-20-5-3-4-6-24(20)18-30-29(35)23-9-7-21(8-10-23)19-32-27-17-26(31-33(27)16-15-28(32)34)22-11-13-25(36-2)14-12-22/h3-14,17H,15-16,18-19H2,1-2H3,(H,30,35). The van der Waals surface area contributed by atoms with Crippen LogP contribution in [-0.2, 0) is 24.4 Å². The van der Waals surface area contributed by atoms with E-state index in [0.717, 1.165) is 39.5 Å². The summed E-state index contributed by atoms with van der Waals surface area (Å²) in [5.74, 6) is 1.49. The van der Waals surface area contributed by atoms with Gasteiger partial charge in [-0.15, -0.1) is 0 Å². The Kier molecular flexibility index (Phi) is 6.54. The summed E-state index contributed by atoms with van der Waals surface area (Å²) in [6.07, 6.45) is 0.399. The zero-order valence-electron chi connectivity index (χ0n) is 20.4. The van der Waals surface area contributed by atoms with Gasteiger partial charge in [-0.25, -0.2) is 4.68 Å². The second-order valence-electron chi connectivity index (χ2n) is 8.88. The molecule has 1 aromatic heterocycles. The fraction of sp³-hybridized carbons (Fsp3) is 0.207. The van der Waals surface area contributed by atoms with E-state index in [1.807, 2.05) is 78.3 Å². The van der Waals surface area contributed by atoms with Crippen molar-refractivity contribution in [1.29, 1.82) is 0 Å². The van der Waals surface area contributed by atoms with Gasteiger partial charge in [0.2, 0.25) is 5.91 Å². The largest absolute Gasteiger partial charge is 0.497 e. The van der Waals surface area contributed by atoms with Crippen LogP contribution in [0.5, 0.6) is 5.75 Å². The van der Waals surface area contributed by atoms with Gasteiger partial charge in [0.05, 0.1) is 25.9 Å². The highest BCUT2D eigenvalue weighted by molar-refractivity contribution is 5.95. The Balaban J connectivity index is 1.28. The fourth-order valence-electron chi connectivity index (χ4n) is 4.36. The fourth-order valence-corrected chi connectivity index (χ4v) is 4.36.